The Morgan fingerprint density at radius 2 is 1.42 bits per heavy atom. The molecule has 76 heavy (non-hydrogen) atoms. The Labute approximate surface area is 447 Å². The van der Waals surface area contributed by atoms with Crippen LogP contribution in [0.1, 0.15) is 96.0 Å². The fourth-order valence-electron chi connectivity index (χ4n) is 9.32. The maximum Gasteiger partial charge on any atom is 0.308 e. The predicted octanol–water partition coefficient (Wildman–Crippen LogP) is 5.27. The third-order valence-corrected chi connectivity index (χ3v) is 13.2. The summed E-state index contributed by atoms with van der Waals surface area (Å²) in [6.07, 6.45) is 4.01. The van der Waals surface area contributed by atoms with Crippen LogP contribution in [0.4, 0.5) is 0 Å². The first-order valence-electron chi connectivity index (χ1n) is 25.9. The van der Waals surface area contributed by atoms with E-state index in [9.17, 15) is 28.8 Å². The maximum atomic E-state index is 14.7. The SMILES string of the molecule is CC(=O)Oc1ccc(C[N+]2(CC(=O)C[C@@H](CCc3ccccc3)C(=O)N[C@@H](CC(C)C)C(=O)C[C@@H](Cc3ccccc3)C(=O)N[C@@H](CC(C)C)C(=O)[C@@]3(C)CO3)CCOCC2)c(OCc2cn(C)nn2)c1.CS(=O)(=O)[O-]. The molecule has 0 saturated carbocycles. The molecule has 2 N–H and O–H groups in total. The van der Waals surface area contributed by atoms with Crippen molar-refractivity contribution in [1.29, 1.82) is 0 Å². The Morgan fingerprint density at radius 1 is 0.842 bits per heavy atom. The highest BCUT2D eigenvalue weighted by molar-refractivity contribution is 7.84. The number of aryl methyl sites for hydroxylation is 2. The van der Waals surface area contributed by atoms with E-state index in [-0.39, 0.29) is 61.6 Å². The number of epoxide rings is 1. The first kappa shape index (κ1) is 60.7. The molecule has 2 fully saturated rings. The molecule has 19 nitrogen and oxygen atoms in total. The lowest BCUT2D eigenvalue weighted by molar-refractivity contribution is -0.940. The van der Waals surface area contributed by atoms with Crippen molar-refractivity contribution in [2.24, 2.45) is 30.7 Å². The predicted molar refractivity (Wildman–Crippen MR) is 281 cm³/mol. The minimum absolute atomic E-state index is 0.00522. The van der Waals surface area contributed by atoms with Gasteiger partial charge in [0.15, 0.2) is 17.3 Å². The van der Waals surface area contributed by atoms with Gasteiger partial charge in [-0.05, 0) is 74.1 Å². The summed E-state index contributed by atoms with van der Waals surface area (Å²) < 4.78 is 52.1. The first-order chi connectivity index (χ1) is 35.9. The Kier molecular flexibility index (Phi) is 22.6. The fraction of sp³-hybridized carbons (Fsp3) is 0.536. The number of nitrogens with zero attached hydrogens (tertiary/aromatic N) is 4. The number of rotatable bonds is 28. The molecule has 2 amide bonds. The van der Waals surface area contributed by atoms with E-state index in [4.69, 9.17) is 31.9 Å². The van der Waals surface area contributed by atoms with Crippen molar-refractivity contribution >= 4 is 45.3 Å². The maximum absolute atomic E-state index is 14.7. The molecule has 4 aromatic rings. The lowest BCUT2D eigenvalue weighted by Crippen LogP contribution is -2.57. The molecule has 6 rings (SSSR count). The zero-order chi connectivity index (χ0) is 55.6. The molecular formula is C56H76N6O13S. The number of aromatic nitrogens is 3. The number of carbonyl (C=O) groups is 6. The van der Waals surface area contributed by atoms with Crippen LogP contribution in [0.25, 0.3) is 0 Å². The van der Waals surface area contributed by atoms with E-state index in [2.05, 4.69) is 20.9 Å². The number of ketones is 3. The molecular weight excluding hydrogens is 997 g/mol. The number of hydrogen-bond donors (Lipinski definition) is 2. The van der Waals surface area contributed by atoms with Gasteiger partial charge in [-0.25, -0.2) is 8.42 Å². The van der Waals surface area contributed by atoms with Gasteiger partial charge in [0.1, 0.15) is 55.6 Å². The summed E-state index contributed by atoms with van der Waals surface area (Å²) in [4.78, 5) is 83.7. The first-order valence-corrected chi connectivity index (χ1v) is 27.7. The quantitative estimate of drug-likeness (QED) is 0.0241. The second kappa shape index (κ2) is 28.3. The zero-order valence-electron chi connectivity index (χ0n) is 45.2. The van der Waals surface area contributed by atoms with E-state index in [1.54, 1.807) is 37.0 Å². The molecule has 3 heterocycles. The van der Waals surface area contributed by atoms with Crippen LogP contribution in [-0.2, 0) is 81.4 Å². The molecule has 0 spiro atoms. The van der Waals surface area contributed by atoms with Gasteiger partial charge < -0.3 is 38.6 Å². The number of quaternary nitrogens is 1. The smallest absolute Gasteiger partial charge is 0.308 e. The van der Waals surface area contributed by atoms with Gasteiger partial charge in [0.05, 0.1) is 48.2 Å². The second-order valence-electron chi connectivity index (χ2n) is 21.2. The van der Waals surface area contributed by atoms with Gasteiger partial charge in [-0.2, -0.15) is 0 Å². The van der Waals surface area contributed by atoms with Gasteiger partial charge in [-0.1, -0.05) is 93.6 Å². The summed E-state index contributed by atoms with van der Waals surface area (Å²) in [7, 11) is -2.15. The highest BCUT2D eigenvalue weighted by atomic mass is 32.2. The third-order valence-electron chi connectivity index (χ3n) is 13.2. The van der Waals surface area contributed by atoms with E-state index in [0.717, 1.165) is 16.7 Å². The zero-order valence-corrected chi connectivity index (χ0v) is 46.0. The number of Topliss-reactive ketones (excluding diaryl/α,β-unsaturated/α-hetero) is 3. The van der Waals surface area contributed by atoms with Crippen molar-refractivity contribution in [1.82, 2.24) is 25.6 Å². The van der Waals surface area contributed by atoms with Gasteiger partial charge in [0, 0.05) is 56.5 Å². The Balaban J connectivity index is 0.00000203. The van der Waals surface area contributed by atoms with E-state index in [1.807, 2.05) is 94.4 Å². The molecule has 0 unspecified atom stereocenters. The molecule has 0 aliphatic carbocycles. The summed E-state index contributed by atoms with van der Waals surface area (Å²) in [5.41, 5.74) is 2.33. The summed E-state index contributed by atoms with van der Waals surface area (Å²) in [5, 5.41) is 14.2. The standard InChI is InChI=1S/C55H72N6O10.CH4O3S/c1-37(2)26-48(50(64)30-44(28-41-16-12-9-13-17-41)54(67)57-49(27-38(3)4)52(65)55(6)36-70-55)56-53(66)42(19-18-40-14-10-8-11-15-40)29-46(63)34-61(22-24-68-25-23-61)33-43-20-21-47(71-39(5)62)31-51(43)69-35-45-32-60(7)59-58-45;1-5(2,3)4/h8-17,20-21,31-32,37-38,42,44,48-49H,18-19,22-30,33-36H2,1-7H3,(H-,56,57,66,67);1H3,(H,2,3,4)/t42-,44-,48+,49+,55-;/m1./s1. The van der Waals surface area contributed by atoms with Crippen LogP contribution in [0, 0.1) is 23.7 Å². The van der Waals surface area contributed by atoms with Crippen molar-refractivity contribution in [2.45, 2.75) is 117 Å². The average Bonchev–Trinajstić information content (AvgIpc) is 3.97. The average molecular weight is 1070 g/mol. The summed E-state index contributed by atoms with van der Waals surface area (Å²) in [6.45, 7) is 13.8. The lowest BCUT2D eigenvalue weighted by Gasteiger charge is -2.41. The van der Waals surface area contributed by atoms with Gasteiger partial charge in [-0.15, -0.1) is 5.10 Å². The van der Waals surface area contributed by atoms with Crippen LogP contribution in [0.2, 0.25) is 0 Å². The van der Waals surface area contributed by atoms with E-state index in [1.165, 1.54) is 6.92 Å². The van der Waals surface area contributed by atoms with Crippen LogP contribution in [0.15, 0.2) is 85.1 Å². The Hall–Kier alpha value is -6.19. The fourth-order valence-corrected chi connectivity index (χ4v) is 9.32. The monoisotopic (exact) mass is 1070 g/mol. The number of benzene rings is 3. The third kappa shape index (κ3) is 20.7. The number of nitrogens with one attached hydrogen (secondary N) is 2. The van der Waals surface area contributed by atoms with Crippen molar-refractivity contribution in [3.8, 4) is 11.5 Å². The Bertz CT molecular complexity index is 2680. The highest BCUT2D eigenvalue weighted by Gasteiger charge is 2.50. The number of amides is 2. The second-order valence-corrected chi connectivity index (χ2v) is 22.7. The molecule has 0 bridgehead atoms. The number of carbonyl (C=O) groups excluding carboxylic acids is 6. The van der Waals surface area contributed by atoms with Gasteiger partial charge in [0.25, 0.3) is 0 Å². The topological polar surface area (TPSA) is 255 Å². The highest BCUT2D eigenvalue weighted by Crippen LogP contribution is 2.32. The minimum Gasteiger partial charge on any atom is -0.748 e. The van der Waals surface area contributed by atoms with E-state index >= 15 is 0 Å². The number of esters is 1. The van der Waals surface area contributed by atoms with E-state index in [0.29, 0.717) is 93.1 Å². The molecule has 2 aliphatic rings. The van der Waals surface area contributed by atoms with Crippen LogP contribution in [0.3, 0.4) is 0 Å². The number of hydrogen-bond acceptors (Lipinski definition) is 15. The minimum atomic E-state index is -3.92. The van der Waals surface area contributed by atoms with Crippen LogP contribution < -0.4 is 20.1 Å². The molecule has 5 atom stereocenters. The lowest BCUT2D eigenvalue weighted by atomic mass is 9.87. The number of ether oxygens (including phenoxy) is 4. The molecule has 1 aromatic heterocycles. The molecule has 0 radical (unpaired) electrons. The Morgan fingerprint density at radius 3 is 1.99 bits per heavy atom. The van der Waals surface area contributed by atoms with Gasteiger partial charge >= 0.3 is 5.97 Å². The van der Waals surface area contributed by atoms with Crippen molar-refractivity contribution in [3.63, 3.8) is 0 Å². The number of morpholine rings is 1. The molecule has 2 aliphatic heterocycles. The van der Waals surface area contributed by atoms with E-state index < -0.39 is 57.4 Å². The van der Waals surface area contributed by atoms with Crippen molar-refractivity contribution < 1.29 is 65.2 Å². The van der Waals surface area contributed by atoms with Crippen molar-refractivity contribution in [3.05, 3.63) is 107 Å². The van der Waals surface area contributed by atoms with Crippen molar-refractivity contribution in [2.75, 3.05) is 45.7 Å². The normalized spacial score (nSPS) is 17.5. The largest absolute Gasteiger partial charge is 0.748 e. The van der Waals surface area contributed by atoms with Crippen LogP contribution in [0.5, 0.6) is 11.5 Å². The van der Waals surface area contributed by atoms with Gasteiger partial charge in [0.2, 0.25) is 11.8 Å². The molecule has 2 saturated heterocycles. The van der Waals surface area contributed by atoms with Crippen LogP contribution >= 0.6 is 0 Å². The molecule has 20 heteroatoms. The summed E-state index contributed by atoms with van der Waals surface area (Å²) in [6, 6.07) is 22.7. The van der Waals surface area contributed by atoms with Gasteiger partial charge in [-0.3, -0.25) is 33.4 Å². The summed E-state index contributed by atoms with van der Waals surface area (Å²) in [5.74, 6) is -2.56. The van der Waals surface area contributed by atoms with Crippen LogP contribution in [-0.4, -0.2) is 131 Å². The molecule has 414 valence electrons. The summed E-state index contributed by atoms with van der Waals surface area (Å²) >= 11 is 0. The molecule has 3 aromatic carbocycles.